The van der Waals surface area contributed by atoms with Gasteiger partial charge >= 0.3 is 0 Å². The van der Waals surface area contributed by atoms with Crippen LogP contribution < -0.4 is 16.0 Å². The Hall–Kier alpha value is -1.11. The molecule has 0 aromatic carbocycles. The van der Waals surface area contributed by atoms with E-state index in [1.165, 1.54) is 0 Å². The first-order valence-electron chi connectivity index (χ1n) is 10.3. The highest BCUT2D eigenvalue weighted by molar-refractivity contribution is 5.88. The molecule has 0 radical (unpaired) electrons. The van der Waals surface area contributed by atoms with Gasteiger partial charge in [0, 0.05) is 57.8 Å². The van der Waals surface area contributed by atoms with Crippen LogP contribution in [-0.4, -0.2) is 55.1 Å². The molecular formula is C24H54N3O3+3. The summed E-state index contributed by atoms with van der Waals surface area (Å²) >= 11 is 0. The van der Waals surface area contributed by atoms with E-state index in [4.69, 9.17) is 0 Å². The van der Waals surface area contributed by atoms with Gasteiger partial charge in [-0.15, -0.1) is 0 Å². The minimum Gasteiger partial charge on any atom is -0.337 e. The van der Waals surface area contributed by atoms with E-state index in [0.29, 0.717) is 35.1 Å². The summed E-state index contributed by atoms with van der Waals surface area (Å²) in [5, 5.41) is 6.12. The number of quaternary nitrogens is 3. The first-order chi connectivity index (χ1) is 12.4. The Morgan fingerprint density at radius 3 is 0.700 bits per heavy atom. The van der Waals surface area contributed by atoms with E-state index < -0.39 is 0 Å². The van der Waals surface area contributed by atoms with Crippen LogP contribution in [0, 0.1) is 17.8 Å². The fourth-order valence-electron chi connectivity index (χ4n) is 4.63. The number of Topliss-reactive ketones (excluding diaryl/α,β-unsaturated/α-hetero) is 3. The predicted octanol–water partition coefficient (Wildman–Crippen LogP) is 0.550. The van der Waals surface area contributed by atoms with Gasteiger partial charge < -0.3 is 16.0 Å². The van der Waals surface area contributed by atoms with Crippen molar-refractivity contribution in [2.75, 3.05) is 21.1 Å². The minimum absolute atomic E-state index is 0. The lowest BCUT2D eigenvalue weighted by Gasteiger charge is -2.05. The number of ketones is 3. The molecule has 6 N–H and O–H groups in total. The van der Waals surface area contributed by atoms with Gasteiger partial charge in [-0.3, -0.25) is 14.4 Å². The Morgan fingerprint density at radius 1 is 0.567 bits per heavy atom. The quantitative estimate of drug-likeness (QED) is 0.571. The van der Waals surface area contributed by atoms with Crippen molar-refractivity contribution in [2.45, 2.75) is 99.7 Å². The summed E-state index contributed by atoms with van der Waals surface area (Å²) in [6, 6.07) is 0. The van der Waals surface area contributed by atoms with Crippen LogP contribution in [0.25, 0.3) is 0 Å². The van der Waals surface area contributed by atoms with E-state index >= 15 is 0 Å². The van der Waals surface area contributed by atoms with Crippen molar-refractivity contribution in [3.05, 3.63) is 0 Å². The number of carbonyl (C=O) groups excluding carboxylic acids is 3. The molecule has 0 aromatic heterocycles. The summed E-state index contributed by atoms with van der Waals surface area (Å²) in [6.07, 6.45) is 3.20. The van der Waals surface area contributed by atoms with Crippen LogP contribution in [0.3, 0.4) is 0 Å². The summed E-state index contributed by atoms with van der Waals surface area (Å²) in [6.45, 7) is 11.4. The molecule has 6 heteroatoms. The number of nitrogens with two attached hydrogens (primary N) is 3. The van der Waals surface area contributed by atoms with E-state index in [1.54, 1.807) is 20.8 Å². The van der Waals surface area contributed by atoms with Gasteiger partial charge in [0.15, 0.2) is 34.0 Å². The lowest BCUT2D eigenvalue weighted by atomic mass is 10.1. The number of hydrogen-bond donors (Lipinski definition) is 3. The zero-order valence-corrected chi connectivity index (χ0v) is 18.8. The molecule has 6 nitrogen and oxygen atoms in total. The fraction of sp³-hybridized carbons (Fsp3) is 0.875. The SMILES string of the molecule is C.C.C.C[NH2+][C@]1(C(C)=O)CC1C.C[NH2+][C@]1(C(C)=O)CC1C.C[NH2+][C@]1(C(C)=O)CC1C. The van der Waals surface area contributed by atoms with E-state index in [1.807, 2.05) is 37.1 Å². The average Bonchev–Trinajstić information content (AvgIpc) is 3.52. The molecule has 3 unspecified atom stereocenters. The normalized spacial score (nSPS) is 36.5. The molecule has 0 heterocycles. The monoisotopic (exact) mass is 432 g/mol. The smallest absolute Gasteiger partial charge is 0.190 e. The van der Waals surface area contributed by atoms with Gasteiger partial charge in [0.05, 0.1) is 21.1 Å². The lowest BCUT2D eigenvalue weighted by molar-refractivity contribution is -0.666. The second kappa shape index (κ2) is 12.1. The number of likely N-dealkylation sites (N-methyl/N-ethyl adjacent to an activating group) is 3. The van der Waals surface area contributed by atoms with Crippen LogP contribution in [-0.2, 0) is 14.4 Å². The molecule has 0 bridgehead atoms. The number of hydrogen-bond acceptors (Lipinski definition) is 3. The molecule has 0 aliphatic heterocycles. The van der Waals surface area contributed by atoms with Crippen LogP contribution in [0.1, 0.15) is 83.1 Å². The zero-order chi connectivity index (χ0) is 21.2. The van der Waals surface area contributed by atoms with E-state index in [0.717, 1.165) is 19.3 Å². The average molecular weight is 433 g/mol. The molecule has 180 valence electrons. The van der Waals surface area contributed by atoms with Gasteiger partial charge in [-0.05, 0) is 0 Å². The van der Waals surface area contributed by atoms with Crippen molar-refractivity contribution in [1.82, 2.24) is 0 Å². The molecule has 3 aliphatic carbocycles. The highest BCUT2D eigenvalue weighted by atomic mass is 16.1. The van der Waals surface area contributed by atoms with Crippen LogP contribution >= 0.6 is 0 Å². The maximum Gasteiger partial charge on any atom is 0.190 e. The second-order valence-corrected chi connectivity index (χ2v) is 8.97. The second-order valence-electron chi connectivity index (χ2n) is 8.97. The van der Waals surface area contributed by atoms with E-state index in [2.05, 4.69) is 20.8 Å². The molecule has 30 heavy (non-hydrogen) atoms. The van der Waals surface area contributed by atoms with Crippen LogP contribution in [0.2, 0.25) is 0 Å². The Kier molecular flexibility index (Phi) is 13.5. The molecule has 3 fully saturated rings. The standard InChI is InChI=1S/3C7H13NO.3CH4/c3*1-5-4-7(5,8-3)6(2)9;;;/h3*5,8H,4H2,1-3H3;3*1H4/p+3/t3*5?,7-;;;/m111.../s1. The Balaban J connectivity index is -0.000000347. The number of rotatable bonds is 6. The van der Waals surface area contributed by atoms with Crippen LogP contribution in [0.5, 0.6) is 0 Å². The van der Waals surface area contributed by atoms with Gasteiger partial charge in [-0.1, -0.05) is 43.1 Å². The van der Waals surface area contributed by atoms with Crippen molar-refractivity contribution in [3.8, 4) is 0 Å². The third kappa shape index (κ3) is 6.44. The van der Waals surface area contributed by atoms with Crippen molar-refractivity contribution in [2.24, 2.45) is 17.8 Å². The van der Waals surface area contributed by atoms with E-state index in [9.17, 15) is 14.4 Å². The molecule has 0 amide bonds. The molecule has 6 atom stereocenters. The summed E-state index contributed by atoms with van der Waals surface area (Å²) in [4.78, 5) is 32.8. The fourth-order valence-corrected chi connectivity index (χ4v) is 4.63. The van der Waals surface area contributed by atoms with Gasteiger partial charge in [0.2, 0.25) is 0 Å². The topological polar surface area (TPSA) is 101 Å². The van der Waals surface area contributed by atoms with Crippen molar-refractivity contribution in [1.29, 1.82) is 0 Å². The van der Waals surface area contributed by atoms with Crippen molar-refractivity contribution >= 4 is 17.3 Å². The Bertz CT molecular complexity index is 501. The third-order valence-corrected chi connectivity index (χ3v) is 7.60. The third-order valence-electron chi connectivity index (χ3n) is 7.60. The predicted molar refractivity (Wildman–Crippen MR) is 125 cm³/mol. The summed E-state index contributed by atoms with van der Waals surface area (Å²) in [5.74, 6) is 2.78. The first-order valence-corrected chi connectivity index (χ1v) is 10.3. The molecule has 3 saturated carbocycles. The molecule has 3 rings (SSSR count). The lowest BCUT2D eigenvalue weighted by Crippen LogP contribution is -2.91. The minimum atomic E-state index is -0.0139. The van der Waals surface area contributed by atoms with Crippen LogP contribution in [0.4, 0.5) is 0 Å². The van der Waals surface area contributed by atoms with Crippen molar-refractivity contribution in [3.63, 3.8) is 0 Å². The van der Waals surface area contributed by atoms with Gasteiger partial charge in [-0.2, -0.15) is 0 Å². The molecule has 0 saturated heterocycles. The van der Waals surface area contributed by atoms with Crippen LogP contribution in [0.15, 0.2) is 0 Å². The summed E-state index contributed by atoms with van der Waals surface area (Å²) in [7, 11) is 5.93. The highest BCUT2D eigenvalue weighted by Crippen LogP contribution is 2.40. The highest BCUT2D eigenvalue weighted by Gasteiger charge is 2.59. The van der Waals surface area contributed by atoms with Crippen molar-refractivity contribution < 1.29 is 30.3 Å². The summed E-state index contributed by atoms with van der Waals surface area (Å²) < 4.78 is 0. The van der Waals surface area contributed by atoms with Gasteiger partial charge in [0.1, 0.15) is 0 Å². The molecule has 0 aromatic rings. The maximum absolute atomic E-state index is 10.9. The molecule has 3 aliphatic rings. The largest absolute Gasteiger partial charge is 0.337 e. The zero-order valence-electron chi connectivity index (χ0n) is 18.8. The maximum atomic E-state index is 10.9. The Labute approximate surface area is 186 Å². The molecular weight excluding hydrogens is 378 g/mol. The summed E-state index contributed by atoms with van der Waals surface area (Å²) in [5.41, 5.74) is -0.0417. The van der Waals surface area contributed by atoms with Gasteiger partial charge in [-0.25, -0.2) is 0 Å². The first kappa shape index (κ1) is 33.5. The molecule has 0 spiro atoms. The Morgan fingerprint density at radius 2 is 0.700 bits per heavy atom. The van der Waals surface area contributed by atoms with Gasteiger partial charge in [0.25, 0.3) is 0 Å². The van der Waals surface area contributed by atoms with E-state index in [-0.39, 0.29) is 38.9 Å². The number of carbonyl (C=O) groups is 3.